The van der Waals surface area contributed by atoms with E-state index >= 15 is 0 Å². The second-order valence-electron chi connectivity index (χ2n) is 6.41. The van der Waals surface area contributed by atoms with Crippen molar-refractivity contribution in [3.8, 4) is 0 Å². The first kappa shape index (κ1) is 30.1. The summed E-state index contributed by atoms with van der Waals surface area (Å²) in [4.78, 5) is 24.8. The van der Waals surface area contributed by atoms with Crippen molar-refractivity contribution >= 4 is 22.0 Å². The summed E-state index contributed by atoms with van der Waals surface area (Å²) >= 11 is 0. The molecule has 0 rings (SSSR count). The van der Waals surface area contributed by atoms with E-state index in [2.05, 4.69) is 16.1 Å². The summed E-state index contributed by atoms with van der Waals surface area (Å²) < 4.78 is 133. The van der Waals surface area contributed by atoms with Gasteiger partial charge in [0.05, 0.1) is 6.61 Å². The molecule has 0 heterocycles. The Hall–Kier alpha value is -1.94. The predicted molar refractivity (Wildman–Crippen MR) is 94.2 cm³/mol. The molecule has 1 unspecified atom stereocenters. The molecule has 188 valence electrons. The van der Waals surface area contributed by atoms with Gasteiger partial charge in [0, 0.05) is 25.1 Å². The summed E-state index contributed by atoms with van der Waals surface area (Å²) in [5.74, 6) is -13.3. The van der Waals surface area contributed by atoms with Gasteiger partial charge in [0.1, 0.15) is 0 Å². The molecule has 0 aromatic heterocycles. The van der Waals surface area contributed by atoms with Crippen LogP contribution in [0.15, 0.2) is 12.2 Å². The van der Waals surface area contributed by atoms with Crippen molar-refractivity contribution in [1.82, 2.24) is 4.90 Å². The molecule has 0 aliphatic heterocycles. The van der Waals surface area contributed by atoms with Crippen molar-refractivity contribution in [2.75, 3.05) is 19.7 Å². The van der Waals surface area contributed by atoms with Crippen LogP contribution in [-0.2, 0) is 29.2 Å². The summed E-state index contributed by atoms with van der Waals surface area (Å²) in [6, 6.07) is 0. The first-order chi connectivity index (χ1) is 14.2. The maximum Gasteiger partial charge on any atom is 0.466 e. The monoisotopic (exact) mass is 505 g/mol. The normalized spacial score (nSPS) is 15.1. The second-order valence-corrected chi connectivity index (χ2v) is 7.87. The van der Waals surface area contributed by atoms with Crippen LogP contribution in [0.5, 0.6) is 0 Å². The third kappa shape index (κ3) is 6.31. The zero-order chi connectivity index (χ0) is 25.8. The Kier molecular flexibility index (Phi) is 9.71. The predicted octanol–water partition coefficient (Wildman–Crippen LogP) is 3.15. The van der Waals surface area contributed by atoms with Crippen molar-refractivity contribution in [3.63, 3.8) is 0 Å². The standard InChI is InChI=1S/C16H22F7NO7S/c1-5-24(6-2)12(26)14(15(19,20)21,31-11(25)10(3)4)30-9-7-8-13(17,18)16(22,23)32(27,28)29/h3,5-9H2,1-2,4H3,(H,27,28,29). The minimum atomic E-state index is -6.55. The zero-order valence-electron chi connectivity index (χ0n) is 17.1. The number of esters is 1. The molecule has 0 saturated heterocycles. The maximum atomic E-state index is 13.8. The summed E-state index contributed by atoms with van der Waals surface area (Å²) in [6.45, 7) is 4.46. The number of halogens is 7. The van der Waals surface area contributed by atoms with E-state index in [9.17, 15) is 48.7 Å². The Morgan fingerprint density at radius 2 is 1.50 bits per heavy atom. The maximum absolute atomic E-state index is 13.8. The molecule has 0 fully saturated rings. The van der Waals surface area contributed by atoms with Crippen LogP contribution in [0, 0.1) is 0 Å². The molecule has 8 nitrogen and oxygen atoms in total. The molecule has 0 aliphatic rings. The van der Waals surface area contributed by atoms with Gasteiger partial charge in [0.2, 0.25) is 0 Å². The van der Waals surface area contributed by atoms with Crippen molar-refractivity contribution in [2.24, 2.45) is 0 Å². The summed E-state index contributed by atoms with van der Waals surface area (Å²) in [6.07, 6.45) is -9.16. The van der Waals surface area contributed by atoms with Gasteiger partial charge >= 0.3 is 45.1 Å². The molecule has 0 aliphatic carbocycles. The van der Waals surface area contributed by atoms with Gasteiger partial charge in [0.15, 0.2) is 0 Å². The second kappa shape index (κ2) is 10.3. The number of nitrogens with zero attached hydrogens (tertiary/aromatic N) is 1. The van der Waals surface area contributed by atoms with Crippen molar-refractivity contribution < 1.29 is 62.8 Å². The first-order valence-corrected chi connectivity index (χ1v) is 10.3. The Bertz CT molecular complexity index is 810. The van der Waals surface area contributed by atoms with Gasteiger partial charge in [-0.2, -0.15) is 39.2 Å². The summed E-state index contributed by atoms with van der Waals surface area (Å²) in [7, 11) is -6.55. The molecule has 0 bridgehead atoms. The highest BCUT2D eigenvalue weighted by Gasteiger charge is 2.68. The third-order valence-electron chi connectivity index (χ3n) is 3.98. The van der Waals surface area contributed by atoms with Crippen LogP contribution in [0.1, 0.15) is 33.6 Å². The number of hydrogen-bond acceptors (Lipinski definition) is 6. The molecular weight excluding hydrogens is 483 g/mol. The van der Waals surface area contributed by atoms with Crippen LogP contribution < -0.4 is 0 Å². The van der Waals surface area contributed by atoms with Crippen LogP contribution in [0.3, 0.4) is 0 Å². The van der Waals surface area contributed by atoms with E-state index in [1.807, 2.05) is 0 Å². The van der Waals surface area contributed by atoms with E-state index in [1.54, 1.807) is 0 Å². The van der Waals surface area contributed by atoms with Gasteiger partial charge in [-0.1, -0.05) is 6.58 Å². The van der Waals surface area contributed by atoms with E-state index in [0.29, 0.717) is 4.90 Å². The largest absolute Gasteiger partial charge is 0.466 e. The number of amides is 1. The fourth-order valence-corrected chi connectivity index (χ4v) is 2.66. The van der Waals surface area contributed by atoms with Crippen LogP contribution in [-0.4, -0.2) is 72.6 Å². The first-order valence-electron chi connectivity index (χ1n) is 8.83. The van der Waals surface area contributed by atoms with Crippen molar-refractivity contribution in [2.45, 2.75) is 56.8 Å². The lowest BCUT2D eigenvalue weighted by Gasteiger charge is -2.36. The number of carbonyl (C=O) groups is 2. The van der Waals surface area contributed by atoms with Gasteiger partial charge in [-0.15, -0.1) is 0 Å². The number of rotatable bonds is 12. The minimum absolute atomic E-state index is 0.306. The van der Waals surface area contributed by atoms with Crippen LogP contribution in [0.25, 0.3) is 0 Å². The molecular formula is C16H22F7NO7S. The van der Waals surface area contributed by atoms with Gasteiger partial charge in [0.25, 0.3) is 0 Å². The van der Waals surface area contributed by atoms with Gasteiger partial charge in [-0.3, -0.25) is 9.35 Å². The molecule has 0 aromatic rings. The highest BCUT2D eigenvalue weighted by molar-refractivity contribution is 7.87. The molecule has 0 spiro atoms. The van der Waals surface area contributed by atoms with Crippen LogP contribution in [0.4, 0.5) is 30.7 Å². The Morgan fingerprint density at radius 3 is 1.84 bits per heavy atom. The molecule has 0 aromatic carbocycles. The minimum Gasteiger partial charge on any atom is -0.412 e. The van der Waals surface area contributed by atoms with E-state index in [4.69, 9.17) is 4.55 Å². The average molecular weight is 505 g/mol. The lowest BCUT2D eigenvalue weighted by atomic mass is 10.1. The molecule has 1 atom stereocenters. The fourth-order valence-electron chi connectivity index (χ4n) is 2.18. The Balaban J connectivity index is 5.94. The van der Waals surface area contributed by atoms with E-state index in [0.717, 1.165) is 6.92 Å². The lowest BCUT2D eigenvalue weighted by Crippen LogP contribution is -2.62. The number of alkyl halides is 7. The number of carbonyl (C=O) groups excluding carboxylic acids is 2. The van der Waals surface area contributed by atoms with E-state index in [-0.39, 0.29) is 13.1 Å². The molecule has 0 radical (unpaired) electrons. The van der Waals surface area contributed by atoms with Crippen LogP contribution >= 0.6 is 0 Å². The summed E-state index contributed by atoms with van der Waals surface area (Å²) in [5.41, 5.74) is -0.575. The summed E-state index contributed by atoms with van der Waals surface area (Å²) in [5, 5.41) is -5.94. The molecule has 16 heteroatoms. The van der Waals surface area contributed by atoms with Gasteiger partial charge in [-0.25, -0.2) is 4.79 Å². The highest BCUT2D eigenvalue weighted by Crippen LogP contribution is 2.42. The molecule has 32 heavy (non-hydrogen) atoms. The molecule has 1 amide bonds. The quantitative estimate of drug-likeness (QED) is 0.108. The van der Waals surface area contributed by atoms with E-state index in [1.165, 1.54) is 13.8 Å². The van der Waals surface area contributed by atoms with Crippen molar-refractivity contribution in [3.05, 3.63) is 12.2 Å². The highest BCUT2D eigenvalue weighted by atomic mass is 32.2. The number of ether oxygens (including phenoxy) is 2. The zero-order valence-corrected chi connectivity index (χ0v) is 18.0. The SMILES string of the molecule is C=C(C)C(=O)OC(OCCCC(F)(F)C(F)(F)S(=O)(=O)O)(C(=O)N(CC)CC)C(F)(F)F. The average Bonchev–Trinajstić information content (AvgIpc) is 2.62. The van der Waals surface area contributed by atoms with Crippen molar-refractivity contribution in [1.29, 1.82) is 0 Å². The smallest absolute Gasteiger partial charge is 0.412 e. The topological polar surface area (TPSA) is 110 Å². The van der Waals surface area contributed by atoms with Crippen LogP contribution in [0.2, 0.25) is 0 Å². The van der Waals surface area contributed by atoms with Gasteiger partial charge in [-0.05, 0) is 27.2 Å². The Labute approximate surface area is 179 Å². The fraction of sp³-hybridized carbons (Fsp3) is 0.750. The number of likely N-dealkylation sites (N-methyl/N-ethyl adjacent to an activating group) is 1. The number of hydrogen-bond donors (Lipinski definition) is 1. The van der Waals surface area contributed by atoms with E-state index < -0.39 is 70.2 Å². The third-order valence-corrected chi connectivity index (χ3v) is 4.93. The lowest BCUT2D eigenvalue weighted by molar-refractivity contribution is -0.350. The Morgan fingerprint density at radius 1 is 1.03 bits per heavy atom. The molecule has 0 saturated carbocycles. The van der Waals surface area contributed by atoms with Gasteiger partial charge < -0.3 is 14.4 Å². The molecule has 1 N–H and O–H groups in total.